The summed E-state index contributed by atoms with van der Waals surface area (Å²) in [4.78, 5) is 15.8. The van der Waals surface area contributed by atoms with E-state index in [9.17, 15) is 4.79 Å². The molecule has 1 amide bonds. The number of halogens is 1. The van der Waals surface area contributed by atoms with Crippen LogP contribution < -0.4 is 0 Å². The van der Waals surface area contributed by atoms with Crippen molar-refractivity contribution in [3.63, 3.8) is 0 Å². The quantitative estimate of drug-likeness (QED) is 0.592. The smallest absolute Gasteiger partial charge is 0.410 e. The van der Waals surface area contributed by atoms with Crippen molar-refractivity contribution in [3.05, 3.63) is 20.3 Å². The fraction of sp³-hybridized carbons (Fsp3) is 0.722. The Hall–Kier alpha value is -0.590. The molecule has 2 atom stereocenters. The molecule has 2 aliphatic heterocycles. The van der Waals surface area contributed by atoms with E-state index in [1.54, 1.807) is 11.3 Å². The molecule has 134 valence electrons. The highest BCUT2D eigenvalue weighted by Gasteiger charge is 2.49. The first kappa shape index (κ1) is 18.2. The number of hydrogen-bond acceptors (Lipinski definition) is 4. The average Bonchev–Trinajstić information content (AvgIpc) is 2.78. The van der Waals surface area contributed by atoms with E-state index in [1.165, 1.54) is 10.4 Å². The van der Waals surface area contributed by atoms with Crippen LogP contribution in [0.1, 0.15) is 57.9 Å². The van der Waals surface area contributed by atoms with Crippen LogP contribution in [0.25, 0.3) is 0 Å². The number of likely N-dealkylation sites (tertiary alicyclic amines) is 1. The van der Waals surface area contributed by atoms with Crippen molar-refractivity contribution in [3.8, 4) is 0 Å². The minimum absolute atomic E-state index is 0.0791. The van der Waals surface area contributed by atoms with E-state index in [4.69, 9.17) is 9.47 Å². The number of nitrogens with zero attached hydrogens (tertiary/aromatic N) is 1. The van der Waals surface area contributed by atoms with E-state index < -0.39 is 5.60 Å². The Bertz CT molecular complexity index is 625. The number of amides is 1. The van der Waals surface area contributed by atoms with Gasteiger partial charge in [-0.05, 0) is 68.6 Å². The van der Waals surface area contributed by atoms with Gasteiger partial charge in [0.15, 0.2) is 0 Å². The van der Waals surface area contributed by atoms with E-state index in [2.05, 4.69) is 35.8 Å². The second-order valence-electron chi connectivity index (χ2n) is 7.99. The fourth-order valence-corrected chi connectivity index (χ4v) is 5.90. The molecule has 0 radical (unpaired) electrons. The summed E-state index contributed by atoms with van der Waals surface area (Å²) in [7, 11) is 0. The largest absolute Gasteiger partial charge is 0.444 e. The molecule has 2 unspecified atom stereocenters. The molecule has 3 heterocycles. The van der Waals surface area contributed by atoms with Crippen LogP contribution in [0.3, 0.4) is 0 Å². The van der Waals surface area contributed by atoms with E-state index >= 15 is 0 Å². The molecule has 1 saturated heterocycles. The Labute approximate surface area is 156 Å². The summed E-state index contributed by atoms with van der Waals surface area (Å²) >= 11 is 5.40. The lowest BCUT2D eigenvalue weighted by atomic mass is 9.79. The predicted octanol–water partition coefficient (Wildman–Crippen LogP) is 5.09. The first-order valence-corrected chi connectivity index (χ1v) is 10.2. The van der Waals surface area contributed by atoms with E-state index in [0.717, 1.165) is 29.7 Å². The predicted molar refractivity (Wildman–Crippen MR) is 99.6 cm³/mol. The van der Waals surface area contributed by atoms with Crippen molar-refractivity contribution in [1.82, 2.24) is 4.90 Å². The Balaban J connectivity index is 1.85. The van der Waals surface area contributed by atoms with E-state index in [0.29, 0.717) is 0 Å². The molecule has 1 aromatic heterocycles. The molecule has 0 aliphatic carbocycles. The Morgan fingerprint density at radius 1 is 1.38 bits per heavy atom. The number of piperidine rings is 1. The minimum Gasteiger partial charge on any atom is -0.444 e. The molecule has 0 bridgehead atoms. The molecule has 0 N–H and O–H groups in total. The summed E-state index contributed by atoms with van der Waals surface area (Å²) < 4.78 is 13.1. The molecular formula is C18H26BrNO3S. The lowest BCUT2D eigenvalue weighted by molar-refractivity contribution is -0.122. The fourth-order valence-electron chi connectivity index (χ4n) is 4.03. The summed E-state index contributed by atoms with van der Waals surface area (Å²) in [6.07, 6.45) is 2.38. The van der Waals surface area contributed by atoms with Gasteiger partial charge in [-0.2, -0.15) is 0 Å². The van der Waals surface area contributed by atoms with Gasteiger partial charge in [-0.15, -0.1) is 11.3 Å². The van der Waals surface area contributed by atoms with Crippen LogP contribution in [-0.4, -0.2) is 35.3 Å². The lowest BCUT2D eigenvalue weighted by Crippen LogP contribution is -2.57. The van der Waals surface area contributed by atoms with Crippen LogP contribution >= 0.6 is 27.3 Å². The van der Waals surface area contributed by atoms with Crippen LogP contribution in [-0.2, 0) is 21.5 Å². The van der Waals surface area contributed by atoms with E-state index in [1.807, 2.05) is 25.7 Å². The molecule has 6 heteroatoms. The van der Waals surface area contributed by atoms with Crippen molar-refractivity contribution in [1.29, 1.82) is 0 Å². The topological polar surface area (TPSA) is 38.8 Å². The maximum Gasteiger partial charge on any atom is 0.410 e. The normalized spacial score (nSPS) is 30.3. The molecule has 4 nitrogen and oxygen atoms in total. The number of fused-ring (bicyclic) bond motifs is 2. The lowest BCUT2D eigenvalue weighted by Gasteiger charge is -2.50. The first-order valence-electron chi connectivity index (χ1n) is 8.55. The van der Waals surface area contributed by atoms with Gasteiger partial charge < -0.3 is 14.4 Å². The van der Waals surface area contributed by atoms with Crippen molar-refractivity contribution in [2.45, 2.75) is 77.2 Å². The monoisotopic (exact) mass is 415 g/mol. The summed E-state index contributed by atoms with van der Waals surface area (Å²) in [6.45, 7) is 10.7. The Morgan fingerprint density at radius 2 is 2.00 bits per heavy atom. The maximum absolute atomic E-state index is 12.6. The maximum atomic E-state index is 12.6. The third kappa shape index (κ3) is 3.37. The zero-order chi connectivity index (χ0) is 17.7. The van der Waals surface area contributed by atoms with Crippen molar-refractivity contribution in [2.75, 3.05) is 6.61 Å². The van der Waals surface area contributed by atoms with Gasteiger partial charge in [0.05, 0.1) is 10.4 Å². The Kier molecular flexibility index (Phi) is 4.77. The second kappa shape index (κ2) is 6.29. The summed E-state index contributed by atoms with van der Waals surface area (Å²) in [5.74, 6) is 0. The number of thiophene rings is 1. The molecule has 3 rings (SSSR count). The van der Waals surface area contributed by atoms with Crippen LogP contribution in [0.4, 0.5) is 4.79 Å². The van der Waals surface area contributed by atoms with Crippen LogP contribution in [0.5, 0.6) is 0 Å². The average molecular weight is 416 g/mol. The number of carbonyl (C=O) groups is 1. The number of carbonyl (C=O) groups excluding carboxylic acids is 1. The molecule has 1 fully saturated rings. The number of hydrogen-bond donors (Lipinski definition) is 0. The highest BCUT2D eigenvalue weighted by Crippen LogP contribution is 2.49. The molecule has 2 aliphatic rings. The number of ether oxygens (including phenoxy) is 2. The van der Waals surface area contributed by atoms with Gasteiger partial charge in [0.25, 0.3) is 0 Å². The van der Waals surface area contributed by atoms with Crippen molar-refractivity contribution >= 4 is 33.4 Å². The van der Waals surface area contributed by atoms with Crippen LogP contribution in [0.15, 0.2) is 9.85 Å². The van der Waals surface area contributed by atoms with Crippen LogP contribution in [0.2, 0.25) is 0 Å². The van der Waals surface area contributed by atoms with Crippen molar-refractivity contribution in [2.24, 2.45) is 0 Å². The SMILES string of the molecule is CC1CC2(CC(C)N1C(=O)OC(C)(C)C)OCCc1cc(Br)sc12. The molecular weight excluding hydrogens is 390 g/mol. The molecule has 0 saturated carbocycles. The van der Waals surface area contributed by atoms with Gasteiger partial charge in [-0.1, -0.05) is 0 Å². The standard InChI is InChI=1S/C18H26BrNO3S/c1-11-9-18(15-13(6-7-22-18)8-14(19)24-15)10-12(2)20(11)16(21)23-17(3,4)5/h8,11-12H,6-7,9-10H2,1-5H3. The number of rotatable bonds is 0. The first-order chi connectivity index (χ1) is 11.1. The van der Waals surface area contributed by atoms with E-state index in [-0.39, 0.29) is 23.8 Å². The molecule has 24 heavy (non-hydrogen) atoms. The van der Waals surface area contributed by atoms with Gasteiger partial charge in [-0.3, -0.25) is 0 Å². The minimum atomic E-state index is -0.473. The third-order valence-corrected chi connectivity index (χ3v) is 6.61. The van der Waals surface area contributed by atoms with Gasteiger partial charge in [-0.25, -0.2) is 4.79 Å². The van der Waals surface area contributed by atoms with Gasteiger partial charge in [0.1, 0.15) is 11.2 Å². The van der Waals surface area contributed by atoms with Gasteiger partial charge in [0.2, 0.25) is 0 Å². The van der Waals surface area contributed by atoms with Gasteiger partial charge >= 0.3 is 6.09 Å². The molecule has 0 aromatic carbocycles. The Morgan fingerprint density at radius 3 is 2.58 bits per heavy atom. The van der Waals surface area contributed by atoms with Crippen molar-refractivity contribution < 1.29 is 14.3 Å². The zero-order valence-electron chi connectivity index (χ0n) is 15.0. The highest BCUT2D eigenvalue weighted by molar-refractivity contribution is 9.11. The molecule has 1 aromatic rings. The van der Waals surface area contributed by atoms with Crippen LogP contribution in [0, 0.1) is 0 Å². The zero-order valence-corrected chi connectivity index (χ0v) is 17.4. The highest BCUT2D eigenvalue weighted by atomic mass is 79.9. The summed E-state index contributed by atoms with van der Waals surface area (Å²) in [5.41, 5.74) is 0.656. The molecule has 1 spiro atoms. The second-order valence-corrected chi connectivity index (χ2v) is 10.4. The third-order valence-electron chi connectivity index (χ3n) is 4.75. The summed E-state index contributed by atoms with van der Waals surface area (Å²) in [6, 6.07) is 2.38. The van der Waals surface area contributed by atoms with Gasteiger partial charge in [0, 0.05) is 29.8 Å². The summed E-state index contributed by atoms with van der Waals surface area (Å²) in [5, 5.41) is 0.